The molecule has 3 aromatic rings. The van der Waals surface area contributed by atoms with Crippen LogP contribution in [-0.4, -0.2) is 31.5 Å². The lowest BCUT2D eigenvalue weighted by Gasteiger charge is -2.33. The van der Waals surface area contributed by atoms with Crippen LogP contribution in [0.3, 0.4) is 0 Å². The summed E-state index contributed by atoms with van der Waals surface area (Å²) < 4.78 is 17.1. The number of carbonyl (C=O) groups is 2. The Hall–Kier alpha value is -3.74. The highest BCUT2D eigenvalue weighted by Crippen LogP contribution is 2.34. The first-order chi connectivity index (χ1) is 14.2. The molecule has 0 unspecified atom stereocenters. The molecule has 0 bridgehead atoms. The van der Waals surface area contributed by atoms with Gasteiger partial charge in [0.2, 0.25) is 0 Å². The highest BCUT2D eigenvalue weighted by molar-refractivity contribution is 6.06. The van der Waals surface area contributed by atoms with Crippen molar-refractivity contribution in [1.82, 2.24) is 5.32 Å². The Bertz CT molecular complexity index is 1010. The molecule has 4 rings (SSSR count). The molecule has 1 aromatic heterocycles. The van der Waals surface area contributed by atoms with Crippen molar-refractivity contribution in [3.8, 4) is 11.5 Å². The number of para-hydroxylation sites is 3. The molecule has 2 heterocycles. The van der Waals surface area contributed by atoms with Gasteiger partial charge < -0.3 is 19.2 Å². The molecule has 1 aliphatic heterocycles. The number of ether oxygens (including phenoxy) is 2. The molecule has 0 radical (unpaired) electrons. The van der Waals surface area contributed by atoms with Crippen LogP contribution in [0.2, 0.25) is 0 Å². The van der Waals surface area contributed by atoms with Crippen molar-refractivity contribution in [2.45, 2.75) is 12.7 Å². The number of nitrogens with one attached hydrogen (secondary N) is 1. The van der Waals surface area contributed by atoms with E-state index < -0.39 is 6.10 Å². The van der Waals surface area contributed by atoms with Gasteiger partial charge >= 0.3 is 0 Å². The van der Waals surface area contributed by atoms with Gasteiger partial charge in [0, 0.05) is 7.05 Å². The van der Waals surface area contributed by atoms with Gasteiger partial charge in [-0.2, -0.15) is 0 Å². The lowest BCUT2D eigenvalue weighted by Crippen LogP contribution is -2.50. The van der Waals surface area contributed by atoms with Crippen molar-refractivity contribution >= 4 is 17.5 Å². The standard InChI is InChI=1S/C22H20N2O5/c1-23-21(25)20-13-24(17-9-5-6-10-18(17)29-20)22(26)19-12-11-16(28-19)14-27-15-7-3-2-4-8-15/h2-12,20H,13-14H2,1H3,(H,23,25)/t20-/m0/s1. The first-order valence-electron chi connectivity index (χ1n) is 9.21. The van der Waals surface area contributed by atoms with E-state index in [0.29, 0.717) is 22.9 Å². The first-order valence-corrected chi connectivity index (χ1v) is 9.21. The molecule has 7 heteroatoms. The summed E-state index contributed by atoms with van der Waals surface area (Å²) in [7, 11) is 1.53. The Morgan fingerprint density at radius 2 is 1.83 bits per heavy atom. The first kappa shape index (κ1) is 18.6. The molecule has 1 N–H and O–H groups in total. The fourth-order valence-electron chi connectivity index (χ4n) is 3.10. The van der Waals surface area contributed by atoms with Gasteiger partial charge in [-0.15, -0.1) is 0 Å². The van der Waals surface area contributed by atoms with Gasteiger partial charge in [-0.05, 0) is 36.4 Å². The van der Waals surface area contributed by atoms with Crippen LogP contribution in [0.1, 0.15) is 16.3 Å². The monoisotopic (exact) mass is 392 g/mol. The number of hydrogen-bond donors (Lipinski definition) is 1. The van der Waals surface area contributed by atoms with E-state index in [-0.39, 0.29) is 30.7 Å². The second kappa shape index (κ2) is 8.10. The van der Waals surface area contributed by atoms with Crippen LogP contribution in [0.25, 0.3) is 0 Å². The lowest BCUT2D eigenvalue weighted by molar-refractivity contribution is -0.127. The zero-order valence-corrected chi connectivity index (χ0v) is 15.8. The van der Waals surface area contributed by atoms with Crippen LogP contribution in [0.15, 0.2) is 71.1 Å². The van der Waals surface area contributed by atoms with E-state index in [0.717, 1.165) is 0 Å². The fourth-order valence-corrected chi connectivity index (χ4v) is 3.10. The van der Waals surface area contributed by atoms with E-state index in [2.05, 4.69) is 5.32 Å². The molecule has 0 aliphatic carbocycles. The molecular weight excluding hydrogens is 372 g/mol. The number of anilines is 1. The summed E-state index contributed by atoms with van der Waals surface area (Å²) in [6, 6.07) is 19.8. The molecule has 2 aromatic carbocycles. The zero-order valence-electron chi connectivity index (χ0n) is 15.8. The van der Waals surface area contributed by atoms with Crippen molar-refractivity contribution < 1.29 is 23.5 Å². The number of hydrogen-bond acceptors (Lipinski definition) is 5. The Labute approximate surface area is 167 Å². The minimum atomic E-state index is -0.797. The highest BCUT2D eigenvalue weighted by Gasteiger charge is 2.34. The second-order valence-corrected chi connectivity index (χ2v) is 6.47. The minimum absolute atomic E-state index is 0.0894. The van der Waals surface area contributed by atoms with Crippen molar-refractivity contribution in [2.24, 2.45) is 0 Å². The van der Waals surface area contributed by atoms with Gasteiger partial charge in [0.15, 0.2) is 11.9 Å². The molecule has 2 amide bonds. The van der Waals surface area contributed by atoms with Crippen LogP contribution in [0.4, 0.5) is 5.69 Å². The maximum atomic E-state index is 13.1. The Morgan fingerprint density at radius 1 is 1.07 bits per heavy atom. The Balaban J connectivity index is 1.52. The van der Waals surface area contributed by atoms with Crippen LogP contribution >= 0.6 is 0 Å². The van der Waals surface area contributed by atoms with E-state index >= 15 is 0 Å². The summed E-state index contributed by atoms with van der Waals surface area (Å²) >= 11 is 0. The molecule has 0 spiro atoms. The van der Waals surface area contributed by atoms with E-state index in [4.69, 9.17) is 13.9 Å². The van der Waals surface area contributed by atoms with Gasteiger partial charge in [0.05, 0.1) is 12.2 Å². The second-order valence-electron chi connectivity index (χ2n) is 6.47. The number of fused-ring (bicyclic) bond motifs is 1. The van der Waals surface area contributed by atoms with Crippen LogP contribution < -0.4 is 19.7 Å². The summed E-state index contributed by atoms with van der Waals surface area (Å²) in [5.41, 5.74) is 0.594. The van der Waals surface area contributed by atoms with Crippen molar-refractivity contribution in [1.29, 1.82) is 0 Å². The Morgan fingerprint density at radius 3 is 2.62 bits per heavy atom. The van der Waals surface area contributed by atoms with Gasteiger partial charge in [-0.3, -0.25) is 14.5 Å². The minimum Gasteiger partial charge on any atom is -0.486 e. The third kappa shape index (κ3) is 3.94. The molecular formula is C22H20N2O5. The average molecular weight is 392 g/mol. The SMILES string of the molecule is CNC(=O)[C@@H]1CN(C(=O)c2ccc(COc3ccccc3)o2)c2ccccc2O1. The molecule has 1 atom stereocenters. The lowest BCUT2D eigenvalue weighted by atomic mass is 10.1. The maximum Gasteiger partial charge on any atom is 0.294 e. The van der Waals surface area contributed by atoms with E-state index in [1.807, 2.05) is 36.4 Å². The van der Waals surface area contributed by atoms with Crippen LogP contribution in [0.5, 0.6) is 11.5 Å². The van der Waals surface area contributed by atoms with Gasteiger partial charge in [-0.25, -0.2) is 0 Å². The van der Waals surface area contributed by atoms with Gasteiger partial charge in [-0.1, -0.05) is 30.3 Å². The predicted molar refractivity (Wildman–Crippen MR) is 106 cm³/mol. The summed E-state index contributed by atoms with van der Waals surface area (Å²) in [4.78, 5) is 26.7. The molecule has 0 saturated carbocycles. The summed E-state index contributed by atoms with van der Waals surface area (Å²) in [5.74, 6) is 1.24. The molecule has 1 aliphatic rings. The number of likely N-dealkylation sites (N-methyl/N-ethyl adjacent to an activating group) is 1. The molecule has 0 saturated heterocycles. The van der Waals surface area contributed by atoms with E-state index in [9.17, 15) is 9.59 Å². The number of carbonyl (C=O) groups excluding carboxylic acids is 2. The van der Waals surface area contributed by atoms with Gasteiger partial charge in [0.25, 0.3) is 11.8 Å². The average Bonchev–Trinajstić information content (AvgIpc) is 3.25. The number of rotatable bonds is 5. The third-order valence-electron chi connectivity index (χ3n) is 4.55. The zero-order chi connectivity index (χ0) is 20.2. The van der Waals surface area contributed by atoms with E-state index in [1.165, 1.54) is 11.9 Å². The molecule has 148 valence electrons. The largest absolute Gasteiger partial charge is 0.486 e. The quantitative estimate of drug-likeness (QED) is 0.722. The summed E-state index contributed by atoms with van der Waals surface area (Å²) in [5, 5.41) is 2.56. The number of nitrogens with zero attached hydrogens (tertiary/aromatic N) is 1. The fraction of sp³-hybridized carbons (Fsp3) is 0.182. The molecule has 29 heavy (non-hydrogen) atoms. The number of amides is 2. The van der Waals surface area contributed by atoms with Crippen LogP contribution in [-0.2, 0) is 11.4 Å². The normalized spacial score (nSPS) is 15.2. The summed E-state index contributed by atoms with van der Waals surface area (Å²) in [6.07, 6.45) is -0.797. The van der Waals surface area contributed by atoms with Gasteiger partial charge in [0.1, 0.15) is 23.9 Å². The molecule has 0 fully saturated rings. The topological polar surface area (TPSA) is 81.0 Å². The summed E-state index contributed by atoms with van der Waals surface area (Å²) in [6.45, 7) is 0.296. The molecule has 7 nitrogen and oxygen atoms in total. The van der Waals surface area contributed by atoms with Crippen molar-refractivity contribution in [3.05, 3.63) is 78.3 Å². The van der Waals surface area contributed by atoms with E-state index in [1.54, 1.807) is 30.3 Å². The highest BCUT2D eigenvalue weighted by atomic mass is 16.5. The van der Waals surface area contributed by atoms with Crippen LogP contribution in [0, 0.1) is 0 Å². The van der Waals surface area contributed by atoms with Crippen molar-refractivity contribution in [3.63, 3.8) is 0 Å². The third-order valence-corrected chi connectivity index (χ3v) is 4.55. The van der Waals surface area contributed by atoms with Crippen molar-refractivity contribution in [2.75, 3.05) is 18.5 Å². The number of benzene rings is 2. The smallest absolute Gasteiger partial charge is 0.294 e. The maximum absolute atomic E-state index is 13.1. The number of furan rings is 1. The predicted octanol–water partition coefficient (Wildman–Crippen LogP) is 3.01. The Kier molecular flexibility index (Phi) is 5.20.